The van der Waals surface area contributed by atoms with Crippen molar-refractivity contribution in [1.29, 1.82) is 5.26 Å². The van der Waals surface area contributed by atoms with Crippen LogP contribution in [0.3, 0.4) is 0 Å². The number of aromatic nitrogens is 2. The fourth-order valence-electron chi connectivity index (χ4n) is 3.41. The van der Waals surface area contributed by atoms with Crippen molar-refractivity contribution in [2.45, 2.75) is 16.6 Å². The average molecular weight is 676 g/mol. The fourth-order valence-corrected chi connectivity index (χ4v) is 5.51. The number of nitriles is 1. The lowest BCUT2D eigenvalue weighted by Crippen LogP contribution is -2.23. The van der Waals surface area contributed by atoms with E-state index in [-0.39, 0.29) is 16.5 Å². The maximum absolute atomic E-state index is 13.6. The quantitative estimate of drug-likeness (QED) is 0.156. The highest BCUT2D eigenvalue weighted by Gasteiger charge is 2.51. The SMILES string of the molecule is N#Cc1nn(-c2c(Cl)cc(C(F)(F)F)cc2Cl)c(N=Cc2ccc(-c3ccc(Cl)cc3Cl)o2)c1S(=O)(=O)C(F)(F)F. The number of alkyl halides is 6. The van der Waals surface area contributed by atoms with Crippen molar-refractivity contribution in [3.63, 3.8) is 0 Å². The summed E-state index contributed by atoms with van der Waals surface area (Å²) in [6, 6.07) is 9.13. The van der Waals surface area contributed by atoms with Crippen LogP contribution in [0.2, 0.25) is 20.1 Å². The van der Waals surface area contributed by atoms with E-state index in [1.165, 1.54) is 36.4 Å². The molecule has 214 valence electrons. The zero-order valence-corrected chi connectivity index (χ0v) is 23.2. The van der Waals surface area contributed by atoms with Gasteiger partial charge in [0.2, 0.25) is 0 Å². The standard InChI is InChI=1S/C23H8Cl4F6N4O3S/c24-11-1-3-13(14(25)7-11)18-4-2-12(40-18)9-35-21-20(41(38,39)23(31,32)33)17(8-34)36-37(21)19-15(26)5-10(6-16(19)27)22(28,29)30/h1-7,9H. The van der Waals surface area contributed by atoms with Crippen LogP contribution in [0.5, 0.6) is 0 Å². The van der Waals surface area contributed by atoms with Gasteiger partial charge in [0.05, 0.1) is 26.8 Å². The third kappa shape index (κ3) is 5.91. The lowest BCUT2D eigenvalue weighted by Gasteiger charge is -2.13. The van der Waals surface area contributed by atoms with Crippen molar-refractivity contribution in [1.82, 2.24) is 9.78 Å². The van der Waals surface area contributed by atoms with E-state index in [9.17, 15) is 40.0 Å². The fraction of sp³-hybridized carbons (Fsp3) is 0.0870. The summed E-state index contributed by atoms with van der Waals surface area (Å²) in [4.78, 5) is 2.06. The number of nitrogens with zero attached hydrogens (tertiary/aromatic N) is 4. The Kier molecular flexibility index (Phi) is 8.16. The molecule has 0 aliphatic rings. The average Bonchev–Trinajstić information content (AvgIpc) is 3.46. The third-order valence-electron chi connectivity index (χ3n) is 5.19. The van der Waals surface area contributed by atoms with Crippen molar-refractivity contribution in [3.05, 3.63) is 79.6 Å². The van der Waals surface area contributed by atoms with E-state index in [4.69, 9.17) is 50.8 Å². The zero-order valence-electron chi connectivity index (χ0n) is 19.3. The minimum Gasteiger partial charge on any atom is -0.455 e. The first-order valence-corrected chi connectivity index (χ1v) is 13.5. The molecule has 0 amide bonds. The molecule has 0 aliphatic heterocycles. The van der Waals surface area contributed by atoms with Gasteiger partial charge in [-0.2, -0.15) is 36.7 Å². The number of halogens is 10. The number of sulfone groups is 1. The Hall–Kier alpha value is -3.22. The summed E-state index contributed by atoms with van der Waals surface area (Å²) in [6.45, 7) is 0. The molecule has 2 heterocycles. The number of furan rings is 1. The van der Waals surface area contributed by atoms with Crippen LogP contribution in [0.1, 0.15) is 17.0 Å². The Labute approximate surface area is 246 Å². The molecule has 0 unspecified atom stereocenters. The number of hydrogen-bond donors (Lipinski definition) is 0. The van der Waals surface area contributed by atoms with Crippen LogP contribution < -0.4 is 0 Å². The second kappa shape index (κ2) is 10.9. The van der Waals surface area contributed by atoms with Gasteiger partial charge in [-0.25, -0.2) is 18.1 Å². The van der Waals surface area contributed by atoms with Gasteiger partial charge in [0.15, 0.2) is 16.4 Å². The zero-order chi connectivity index (χ0) is 30.5. The first-order valence-electron chi connectivity index (χ1n) is 10.5. The topological polar surface area (TPSA) is 101 Å². The van der Waals surface area contributed by atoms with Crippen molar-refractivity contribution in [2.75, 3.05) is 0 Å². The van der Waals surface area contributed by atoms with Crippen LogP contribution in [0.4, 0.5) is 32.2 Å². The Morgan fingerprint density at radius 1 is 0.951 bits per heavy atom. The summed E-state index contributed by atoms with van der Waals surface area (Å²) in [5.41, 5.74) is -8.83. The van der Waals surface area contributed by atoms with Gasteiger partial charge in [-0.1, -0.05) is 46.4 Å². The molecule has 0 saturated heterocycles. The number of aliphatic imine (C=N–C) groups is 1. The second-order valence-electron chi connectivity index (χ2n) is 7.84. The Balaban J connectivity index is 1.95. The number of hydrogen-bond acceptors (Lipinski definition) is 6. The maximum atomic E-state index is 13.6. The van der Waals surface area contributed by atoms with E-state index >= 15 is 0 Å². The summed E-state index contributed by atoms with van der Waals surface area (Å²) in [6.07, 6.45) is -4.13. The molecule has 0 N–H and O–H groups in total. The Morgan fingerprint density at radius 2 is 1.59 bits per heavy atom. The predicted octanol–water partition coefficient (Wildman–Crippen LogP) is 8.68. The van der Waals surface area contributed by atoms with Crippen LogP contribution in [-0.4, -0.2) is 29.9 Å². The molecule has 0 radical (unpaired) electrons. The third-order valence-corrected chi connectivity index (χ3v) is 7.84. The minimum atomic E-state index is -6.29. The van der Waals surface area contributed by atoms with Crippen LogP contribution in [0.25, 0.3) is 17.0 Å². The van der Waals surface area contributed by atoms with Gasteiger partial charge in [0.1, 0.15) is 23.3 Å². The van der Waals surface area contributed by atoms with E-state index in [1.807, 2.05) is 0 Å². The lowest BCUT2D eigenvalue weighted by atomic mass is 10.2. The Bertz CT molecular complexity index is 1840. The van der Waals surface area contributed by atoms with E-state index in [2.05, 4.69) is 10.1 Å². The van der Waals surface area contributed by atoms with E-state index in [0.29, 0.717) is 27.4 Å². The molecule has 7 nitrogen and oxygen atoms in total. The van der Waals surface area contributed by atoms with Gasteiger partial charge in [0, 0.05) is 10.6 Å². The summed E-state index contributed by atoms with van der Waals surface area (Å²) in [5.74, 6) is -1.13. The molecule has 41 heavy (non-hydrogen) atoms. The van der Waals surface area contributed by atoms with Crippen molar-refractivity contribution < 1.29 is 39.2 Å². The molecule has 0 atom stereocenters. The van der Waals surface area contributed by atoms with Crippen molar-refractivity contribution in [3.8, 4) is 23.1 Å². The van der Waals surface area contributed by atoms with Gasteiger partial charge in [-0.3, -0.25) is 0 Å². The van der Waals surface area contributed by atoms with Gasteiger partial charge in [-0.15, -0.1) is 0 Å². The molecule has 0 fully saturated rings. The van der Waals surface area contributed by atoms with E-state index in [0.717, 1.165) is 6.21 Å². The molecule has 4 rings (SSSR count). The normalized spacial score (nSPS) is 12.7. The molecule has 2 aromatic heterocycles. The van der Waals surface area contributed by atoms with Crippen LogP contribution >= 0.6 is 46.4 Å². The molecular formula is C23H8Cl4F6N4O3S. The maximum Gasteiger partial charge on any atom is 0.502 e. The molecule has 2 aromatic carbocycles. The van der Waals surface area contributed by atoms with Crippen LogP contribution in [-0.2, 0) is 16.0 Å². The highest BCUT2D eigenvalue weighted by atomic mass is 35.5. The van der Waals surface area contributed by atoms with Crippen LogP contribution in [0, 0.1) is 11.3 Å². The molecule has 0 aliphatic carbocycles. The molecule has 4 aromatic rings. The summed E-state index contributed by atoms with van der Waals surface area (Å²) < 4.78 is 111. The molecule has 0 saturated carbocycles. The minimum absolute atomic E-state index is 0.141. The second-order valence-corrected chi connectivity index (χ2v) is 11.4. The molecule has 0 bridgehead atoms. The van der Waals surface area contributed by atoms with Crippen molar-refractivity contribution >= 4 is 68.3 Å². The van der Waals surface area contributed by atoms with Gasteiger partial charge < -0.3 is 4.42 Å². The van der Waals surface area contributed by atoms with Gasteiger partial charge >= 0.3 is 11.7 Å². The van der Waals surface area contributed by atoms with Gasteiger partial charge in [0.25, 0.3) is 9.84 Å². The van der Waals surface area contributed by atoms with Crippen molar-refractivity contribution in [2.24, 2.45) is 4.99 Å². The number of rotatable bonds is 5. The summed E-state index contributed by atoms with van der Waals surface area (Å²) in [5, 5.41) is 11.9. The lowest BCUT2D eigenvalue weighted by molar-refractivity contribution is -0.137. The first kappa shape index (κ1) is 30.7. The molecular weight excluding hydrogens is 668 g/mol. The van der Waals surface area contributed by atoms with Crippen LogP contribution in [0.15, 0.2) is 56.8 Å². The van der Waals surface area contributed by atoms with Gasteiger partial charge in [-0.05, 0) is 42.5 Å². The summed E-state index contributed by atoms with van der Waals surface area (Å²) >= 11 is 24.0. The smallest absolute Gasteiger partial charge is 0.455 e. The first-order chi connectivity index (χ1) is 19.0. The number of benzene rings is 2. The Morgan fingerprint density at radius 3 is 2.12 bits per heavy atom. The molecule has 18 heteroatoms. The predicted molar refractivity (Wildman–Crippen MR) is 138 cm³/mol. The summed E-state index contributed by atoms with van der Waals surface area (Å²) in [7, 11) is -6.29. The highest BCUT2D eigenvalue weighted by molar-refractivity contribution is 7.92. The van der Waals surface area contributed by atoms with E-state index < -0.39 is 59.2 Å². The monoisotopic (exact) mass is 674 g/mol. The molecule has 0 spiro atoms. The largest absolute Gasteiger partial charge is 0.502 e. The highest BCUT2D eigenvalue weighted by Crippen LogP contribution is 2.43. The van der Waals surface area contributed by atoms with E-state index in [1.54, 1.807) is 0 Å².